The fourth-order valence-corrected chi connectivity index (χ4v) is 1.39. The van der Waals surface area contributed by atoms with E-state index in [9.17, 15) is 4.79 Å². The van der Waals surface area contributed by atoms with Crippen molar-refractivity contribution in [3.8, 4) is 0 Å². The topological polar surface area (TPSA) is 64.3 Å². The Morgan fingerprint density at radius 1 is 1.38 bits per heavy atom. The SMILES string of the molecule is CCC(CCCCN)NC(=O)OC(C)(C)C. The standard InChI is InChI=1S/C12H26N2O2/c1-5-10(8-6-7-9-13)14-11(15)16-12(2,3)4/h10H,5-9,13H2,1-4H3,(H,14,15). The highest BCUT2D eigenvalue weighted by Gasteiger charge is 2.18. The molecular formula is C12H26N2O2. The molecule has 0 saturated heterocycles. The van der Waals surface area contributed by atoms with E-state index in [-0.39, 0.29) is 12.1 Å². The molecule has 96 valence electrons. The average molecular weight is 230 g/mol. The number of rotatable bonds is 6. The van der Waals surface area contributed by atoms with Gasteiger partial charge in [0.2, 0.25) is 0 Å². The van der Waals surface area contributed by atoms with E-state index in [1.54, 1.807) is 0 Å². The van der Waals surface area contributed by atoms with Crippen LogP contribution in [0.25, 0.3) is 0 Å². The summed E-state index contributed by atoms with van der Waals surface area (Å²) in [6, 6.07) is 0.196. The highest BCUT2D eigenvalue weighted by Crippen LogP contribution is 2.09. The minimum absolute atomic E-state index is 0.196. The minimum atomic E-state index is -0.431. The van der Waals surface area contributed by atoms with Crippen molar-refractivity contribution in [3.63, 3.8) is 0 Å². The first-order valence-corrected chi connectivity index (χ1v) is 6.08. The Hall–Kier alpha value is -0.770. The molecule has 0 fully saturated rings. The smallest absolute Gasteiger partial charge is 0.407 e. The molecule has 0 spiro atoms. The maximum Gasteiger partial charge on any atom is 0.407 e. The van der Waals surface area contributed by atoms with Crippen molar-refractivity contribution in [2.75, 3.05) is 6.54 Å². The summed E-state index contributed by atoms with van der Waals surface area (Å²) in [7, 11) is 0. The third kappa shape index (κ3) is 8.53. The molecule has 1 unspecified atom stereocenters. The number of carbonyl (C=O) groups excluding carboxylic acids is 1. The van der Waals surface area contributed by atoms with E-state index in [0.717, 1.165) is 25.7 Å². The monoisotopic (exact) mass is 230 g/mol. The fraction of sp³-hybridized carbons (Fsp3) is 0.917. The van der Waals surface area contributed by atoms with Crippen molar-refractivity contribution >= 4 is 6.09 Å². The molecule has 0 aliphatic carbocycles. The van der Waals surface area contributed by atoms with Crippen LogP contribution in [-0.4, -0.2) is 24.3 Å². The minimum Gasteiger partial charge on any atom is -0.444 e. The zero-order valence-electron chi connectivity index (χ0n) is 11.0. The molecule has 0 aromatic rings. The number of amides is 1. The largest absolute Gasteiger partial charge is 0.444 e. The molecule has 1 amide bonds. The number of nitrogens with one attached hydrogen (secondary N) is 1. The highest BCUT2D eigenvalue weighted by molar-refractivity contribution is 5.68. The predicted molar refractivity (Wildman–Crippen MR) is 66.4 cm³/mol. The lowest BCUT2D eigenvalue weighted by Gasteiger charge is -2.23. The molecular weight excluding hydrogens is 204 g/mol. The van der Waals surface area contributed by atoms with Gasteiger partial charge < -0.3 is 15.8 Å². The number of nitrogens with two attached hydrogens (primary N) is 1. The Kier molecular flexibility index (Phi) is 7.13. The van der Waals surface area contributed by atoms with Gasteiger partial charge in [-0.25, -0.2) is 4.79 Å². The van der Waals surface area contributed by atoms with Crippen LogP contribution in [0.15, 0.2) is 0 Å². The molecule has 0 aliphatic heterocycles. The first-order chi connectivity index (χ1) is 7.39. The average Bonchev–Trinajstić information content (AvgIpc) is 2.13. The molecule has 4 heteroatoms. The van der Waals surface area contributed by atoms with Crippen molar-refractivity contribution in [1.29, 1.82) is 0 Å². The molecule has 0 saturated carbocycles. The number of alkyl carbamates (subject to hydrolysis) is 1. The van der Waals surface area contributed by atoms with Gasteiger partial charge in [0.15, 0.2) is 0 Å². The summed E-state index contributed by atoms with van der Waals surface area (Å²) in [5, 5.41) is 2.88. The van der Waals surface area contributed by atoms with Crippen LogP contribution < -0.4 is 11.1 Å². The summed E-state index contributed by atoms with van der Waals surface area (Å²) >= 11 is 0. The molecule has 0 aromatic heterocycles. The van der Waals surface area contributed by atoms with E-state index >= 15 is 0 Å². The van der Waals surface area contributed by atoms with Crippen molar-refractivity contribution < 1.29 is 9.53 Å². The summed E-state index contributed by atoms with van der Waals surface area (Å²) in [4.78, 5) is 11.5. The van der Waals surface area contributed by atoms with Crippen molar-refractivity contribution in [2.24, 2.45) is 5.73 Å². The van der Waals surface area contributed by atoms with E-state index in [1.165, 1.54) is 0 Å². The van der Waals surface area contributed by atoms with E-state index in [0.29, 0.717) is 6.54 Å². The van der Waals surface area contributed by atoms with E-state index in [1.807, 2.05) is 20.8 Å². The third-order valence-electron chi connectivity index (χ3n) is 2.22. The Bertz CT molecular complexity index is 200. The second kappa shape index (κ2) is 7.49. The van der Waals surface area contributed by atoms with Crippen LogP contribution in [0.1, 0.15) is 53.4 Å². The zero-order chi connectivity index (χ0) is 12.6. The van der Waals surface area contributed by atoms with Gasteiger partial charge in [0.05, 0.1) is 0 Å². The molecule has 16 heavy (non-hydrogen) atoms. The first kappa shape index (κ1) is 15.2. The Morgan fingerprint density at radius 3 is 2.44 bits per heavy atom. The molecule has 0 bridgehead atoms. The second-order valence-corrected chi connectivity index (χ2v) is 5.04. The van der Waals surface area contributed by atoms with Crippen LogP contribution in [0.2, 0.25) is 0 Å². The lowest BCUT2D eigenvalue weighted by Crippen LogP contribution is -2.38. The zero-order valence-corrected chi connectivity index (χ0v) is 11.0. The molecule has 0 heterocycles. The molecule has 4 nitrogen and oxygen atoms in total. The fourth-order valence-electron chi connectivity index (χ4n) is 1.39. The van der Waals surface area contributed by atoms with Crippen molar-refractivity contribution in [2.45, 2.75) is 65.0 Å². The number of carbonyl (C=O) groups is 1. The van der Waals surface area contributed by atoms with Crippen LogP contribution >= 0.6 is 0 Å². The molecule has 0 radical (unpaired) electrons. The van der Waals surface area contributed by atoms with Crippen LogP contribution in [0.3, 0.4) is 0 Å². The maximum atomic E-state index is 11.5. The third-order valence-corrected chi connectivity index (χ3v) is 2.22. The Morgan fingerprint density at radius 2 is 2.00 bits per heavy atom. The van der Waals surface area contributed by atoms with Gasteiger partial charge >= 0.3 is 6.09 Å². The van der Waals surface area contributed by atoms with E-state index in [4.69, 9.17) is 10.5 Å². The number of unbranched alkanes of at least 4 members (excludes halogenated alkanes) is 1. The molecule has 1 atom stereocenters. The molecule has 0 aliphatic rings. The summed E-state index contributed by atoms with van der Waals surface area (Å²) in [6.07, 6.45) is 3.61. The Labute approximate surface area is 98.9 Å². The van der Waals surface area contributed by atoms with Gasteiger partial charge in [0.1, 0.15) is 5.60 Å². The van der Waals surface area contributed by atoms with Crippen LogP contribution in [0.5, 0.6) is 0 Å². The van der Waals surface area contributed by atoms with Gasteiger partial charge in [0.25, 0.3) is 0 Å². The predicted octanol–water partition coefficient (Wildman–Crippen LogP) is 2.42. The number of hydrogen-bond donors (Lipinski definition) is 2. The van der Waals surface area contributed by atoms with Crippen molar-refractivity contribution in [1.82, 2.24) is 5.32 Å². The number of ether oxygens (including phenoxy) is 1. The van der Waals surface area contributed by atoms with Crippen LogP contribution in [-0.2, 0) is 4.74 Å². The van der Waals surface area contributed by atoms with Gasteiger partial charge in [-0.2, -0.15) is 0 Å². The van der Waals surface area contributed by atoms with Gasteiger partial charge in [0, 0.05) is 6.04 Å². The van der Waals surface area contributed by atoms with Gasteiger partial charge in [-0.1, -0.05) is 13.3 Å². The van der Waals surface area contributed by atoms with Crippen molar-refractivity contribution in [3.05, 3.63) is 0 Å². The maximum absolute atomic E-state index is 11.5. The Balaban J connectivity index is 3.88. The van der Waals surface area contributed by atoms with E-state index in [2.05, 4.69) is 12.2 Å². The van der Waals surface area contributed by atoms with Crippen LogP contribution in [0, 0.1) is 0 Å². The van der Waals surface area contributed by atoms with Gasteiger partial charge in [-0.15, -0.1) is 0 Å². The lowest BCUT2D eigenvalue weighted by molar-refractivity contribution is 0.0500. The quantitative estimate of drug-likeness (QED) is 0.689. The summed E-state index contributed by atoms with van der Waals surface area (Å²) < 4.78 is 5.20. The molecule has 3 N–H and O–H groups in total. The highest BCUT2D eigenvalue weighted by atomic mass is 16.6. The second-order valence-electron chi connectivity index (χ2n) is 5.04. The summed E-state index contributed by atoms with van der Waals surface area (Å²) in [5.74, 6) is 0. The first-order valence-electron chi connectivity index (χ1n) is 6.08. The lowest BCUT2D eigenvalue weighted by atomic mass is 10.1. The number of hydrogen-bond acceptors (Lipinski definition) is 3. The van der Waals surface area contributed by atoms with E-state index < -0.39 is 5.60 Å². The molecule has 0 rings (SSSR count). The molecule has 0 aromatic carbocycles. The van der Waals surface area contributed by atoms with Gasteiger partial charge in [-0.3, -0.25) is 0 Å². The summed E-state index contributed by atoms with van der Waals surface area (Å²) in [5.41, 5.74) is 5.00. The summed E-state index contributed by atoms with van der Waals surface area (Å²) in [6.45, 7) is 8.36. The normalized spacial score (nSPS) is 13.3. The van der Waals surface area contributed by atoms with Gasteiger partial charge in [-0.05, 0) is 46.6 Å². The van der Waals surface area contributed by atoms with Crippen LogP contribution in [0.4, 0.5) is 4.79 Å².